The minimum absolute atomic E-state index is 0.317. The highest BCUT2D eigenvalue weighted by molar-refractivity contribution is 6.30. The summed E-state index contributed by atoms with van der Waals surface area (Å²) in [7, 11) is 0. The van der Waals surface area contributed by atoms with Gasteiger partial charge in [0.2, 0.25) is 0 Å². The van der Waals surface area contributed by atoms with E-state index in [9.17, 15) is 0 Å². The average Bonchev–Trinajstić information content (AvgIpc) is 2.31. The third kappa shape index (κ3) is 3.41. The van der Waals surface area contributed by atoms with Crippen LogP contribution in [0.4, 0.5) is 0 Å². The molecule has 0 aliphatic heterocycles. The second-order valence-corrected chi connectivity index (χ2v) is 6.80. The monoisotopic (exact) mass is 266 g/mol. The Morgan fingerprint density at radius 2 is 1.67 bits per heavy atom. The predicted octanol–water partition coefficient (Wildman–Crippen LogP) is 5.32. The van der Waals surface area contributed by atoms with Gasteiger partial charge >= 0.3 is 0 Å². The molecule has 0 N–H and O–H groups in total. The molecule has 1 aliphatic carbocycles. The molecule has 2 atom stereocenters. The van der Waals surface area contributed by atoms with Gasteiger partial charge in [-0.1, -0.05) is 38.8 Å². The molecule has 100 valence electrons. The molecule has 0 spiro atoms. The molecule has 2 unspecified atom stereocenters. The van der Waals surface area contributed by atoms with Crippen LogP contribution in [-0.4, -0.2) is 6.10 Å². The van der Waals surface area contributed by atoms with Gasteiger partial charge in [-0.05, 0) is 48.9 Å². The van der Waals surface area contributed by atoms with Gasteiger partial charge in [0.1, 0.15) is 11.9 Å². The maximum Gasteiger partial charge on any atom is 0.119 e. The molecule has 1 aromatic rings. The number of ether oxygens (including phenoxy) is 1. The van der Waals surface area contributed by atoms with Crippen LogP contribution in [0.5, 0.6) is 5.75 Å². The first-order chi connectivity index (χ1) is 8.47. The summed E-state index contributed by atoms with van der Waals surface area (Å²) in [6.45, 7) is 6.96. The van der Waals surface area contributed by atoms with Crippen LogP contribution in [0.2, 0.25) is 5.02 Å². The smallest absolute Gasteiger partial charge is 0.119 e. The molecule has 0 bridgehead atoms. The summed E-state index contributed by atoms with van der Waals surface area (Å²) < 4.78 is 6.19. The van der Waals surface area contributed by atoms with E-state index in [1.165, 1.54) is 25.7 Å². The zero-order chi connectivity index (χ0) is 13.2. The second kappa shape index (κ2) is 5.52. The normalized spacial score (nSPS) is 24.9. The molecule has 1 aliphatic rings. The van der Waals surface area contributed by atoms with E-state index in [-0.39, 0.29) is 0 Å². The van der Waals surface area contributed by atoms with Crippen molar-refractivity contribution in [1.29, 1.82) is 0 Å². The van der Waals surface area contributed by atoms with E-state index in [0.29, 0.717) is 17.4 Å². The maximum absolute atomic E-state index is 6.19. The van der Waals surface area contributed by atoms with Gasteiger partial charge in [-0.15, -0.1) is 0 Å². The van der Waals surface area contributed by atoms with Gasteiger partial charge in [0.15, 0.2) is 0 Å². The van der Waals surface area contributed by atoms with Crippen molar-refractivity contribution in [2.45, 2.75) is 52.6 Å². The van der Waals surface area contributed by atoms with Gasteiger partial charge in [-0.2, -0.15) is 0 Å². The molecule has 0 amide bonds. The summed E-state index contributed by atoms with van der Waals surface area (Å²) in [6, 6.07) is 7.73. The van der Waals surface area contributed by atoms with Crippen molar-refractivity contribution in [3.05, 3.63) is 29.3 Å². The summed E-state index contributed by atoms with van der Waals surface area (Å²) in [5, 5.41) is 0.762. The number of hydrogen-bond donors (Lipinski definition) is 0. The summed E-state index contributed by atoms with van der Waals surface area (Å²) >= 11 is 5.90. The molecule has 18 heavy (non-hydrogen) atoms. The van der Waals surface area contributed by atoms with E-state index in [1.807, 2.05) is 24.3 Å². The van der Waals surface area contributed by atoms with Gasteiger partial charge < -0.3 is 4.74 Å². The zero-order valence-electron chi connectivity index (χ0n) is 11.6. The number of benzene rings is 1. The Hall–Kier alpha value is -0.690. The highest BCUT2D eigenvalue weighted by Gasteiger charge is 2.35. The van der Waals surface area contributed by atoms with Crippen LogP contribution in [0.3, 0.4) is 0 Å². The molecule has 1 nitrogen and oxygen atoms in total. The number of hydrogen-bond acceptors (Lipinski definition) is 1. The van der Waals surface area contributed by atoms with Crippen molar-refractivity contribution in [2.75, 3.05) is 0 Å². The van der Waals surface area contributed by atoms with E-state index in [0.717, 1.165) is 10.8 Å². The number of halogens is 1. The molecule has 0 radical (unpaired) electrons. The van der Waals surface area contributed by atoms with Gasteiger partial charge in [-0.25, -0.2) is 0 Å². The molecule has 1 aromatic carbocycles. The van der Waals surface area contributed by atoms with Gasteiger partial charge in [0.05, 0.1) is 0 Å². The second-order valence-electron chi connectivity index (χ2n) is 6.37. The molecule has 0 heterocycles. The lowest BCUT2D eigenvalue weighted by molar-refractivity contribution is 0.0281. The van der Waals surface area contributed by atoms with Gasteiger partial charge in [-0.3, -0.25) is 0 Å². The van der Waals surface area contributed by atoms with Crippen molar-refractivity contribution in [2.24, 2.45) is 11.3 Å². The van der Waals surface area contributed by atoms with E-state index in [4.69, 9.17) is 16.3 Å². The first-order valence-corrected chi connectivity index (χ1v) is 7.27. The fourth-order valence-electron chi connectivity index (χ4n) is 2.92. The molecule has 2 rings (SSSR count). The van der Waals surface area contributed by atoms with Gasteiger partial charge in [0.25, 0.3) is 0 Å². The Balaban J connectivity index is 2.08. The fraction of sp³-hybridized carbons (Fsp3) is 0.625. The Kier molecular flexibility index (Phi) is 4.21. The molecule has 2 heteroatoms. The standard InChI is InChI=1S/C16H23ClO/c1-16(2,3)14-6-4-5-7-15(14)18-13-10-8-12(17)9-11-13/h8-11,14-15H,4-7H2,1-3H3. The molecule has 0 aromatic heterocycles. The summed E-state index contributed by atoms with van der Waals surface area (Å²) in [5.41, 5.74) is 0.317. The third-order valence-corrected chi connectivity index (χ3v) is 4.17. The molecule has 1 saturated carbocycles. The minimum Gasteiger partial charge on any atom is -0.490 e. The van der Waals surface area contributed by atoms with Crippen molar-refractivity contribution < 1.29 is 4.74 Å². The molecular weight excluding hydrogens is 244 g/mol. The van der Waals surface area contributed by atoms with Gasteiger partial charge in [0, 0.05) is 10.9 Å². The Morgan fingerprint density at radius 1 is 1.06 bits per heavy atom. The topological polar surface area (TPSA) is 9.23 Å². The van der Waals surface area contributed by atoms with E-state index < -0.39 is 0 Å². The van der Waals surface area contributed by atoms with Crippen LogP contribution < -0.4 is 4.74 Å². The summed E-state index contributed by atoms with van der Waals surface area (Å²) in [5.74, 6) is 1.59. The fourth-order valence-corrected chi connectivity index (χ4v) is 3.04. The van der Waals surface area contributed by atoms with E-state index in [2.05, 4.69) is 20.8 Å². The first-order valence-electron chi connectivity index (χ1n) is 6.89. The molecular formula is C16H23ClO. The van der Waals surface area contributed by atoms with Crippen molar-refractivity contribution in [3.8, 4) is 5.75 Å². The van der Waals surface area contributed by atoms with Crippen LogP contribution in [-0.2, 0) is 0 Å². The van der Waals surface area contributed by atoms with Crippen molar-refractivity contribution in [1.82, 2.24) is 0 Å². The summed E-state index contributed by atoms with van der Waals surface area (Å²) in [6.07, 6.45) is 5.42. The Labute approximate surface area is 115 Å². The Bertz CT molecular complexity index is 377. The van der Waals surface area contributed by atoms with Crippen LogP contribution >= 0.6 is 11.6 Å². The Morgan fingerprint density at radius 3 is 2.28 bits per heavy atom. The SMILES string of the molecule is CC(C)(C)C1CCCCC1Oc1ccc(Cl)cc1. The quantitative estimate of drug-likeness (QED) is 0.704. The molecule has 1 fully saturated rings. The zero-order valence-corrected chi connectivity index (χ0v) is 12.3. The lowest BCUT2D eigenvalue weighted by Gasteiger charge is -2.40. The van der Waals surface area contributed by atoms with Crippen LogP contribution in [0.15, 0.2) is 24.3 Å². The highest BCUT2D eigenvalue weighted by atomic mass is 35.5. The van der Waals surface area contributed by atoms with Crippen LogP contribution in [0.1, 0.15) is 46.5 Å². The van der Waals surface area contributed by atoms with Crippen LogP contribution in [0.25, 0.3) is 0 Å². The largest absolute Gasteiger partial charge is 0.490 e. The lowest BCUT2D eigenvalue weighted by atomic mass is 9.70. The highest BCUT2D eigenvalue weighted by Crippen LogP contribution is 2.39. The lowest BCUT2D eigenvalue weighted by Crippen LogP contribution is -2.38. The maximum atomic E-state index is 6.19. The first kappa shape index (κ1) is 13.7. The predicted molar refractivity (Wildman–Crippen MR) is 77.3 cm³/mol. The van der Waals surface area contributed by atoms with Crippen LogP contribution in [0, 0.1) is 11.3 Å². The summed E-state index contributed by atoms with van der Waals surface area (Å²) in [4.78, 5) is 0. The molecule has 0 saturated heterocycles. The number of rotatable bonds is 2. The minimum atomic E-state index is 0.317. The average molecular weight is 267 g/mol. The van der Waals surface area contributed by atoms with Crippen molar-refractivity contribution in [3.63, 3.8) is 0 Å². The van der Waals surface area contributed by atoms with Crippen molar-refractivity contribution >= 4 is 11.6 Å². The van der Waals surface area contributed by atoms with E-state index >= 15 is 0 Å². The third-order valence-electron chi connectivity index (χ3n) is 3.92. The van der Waals surface area contributed by atoms with E-state index in [1.54, 1.807) is 0 Å².